The molecule has 1 N–H and O–H groups in total. The van der Waals surface area contributed by atoms with Crippen LogP contribution in [0.2, 0.25) is 5.02 Å². The molecule has 82 valence electrons. The molecule has 0 saturated heterocycles. The van der Waals surface area contributed by atoms with E-state index in [0.717, 1.165) is 0 Å². The van der Waals surface area contributed by atoms with Crippen LogP contribution < -0.4 is 9.47 Å². The minimum Gasteiger partial charge on any atom is -0.507 e. The van der Waals surface area contributed by atoms with Gasteiger partial charge < -0.3 is 14.6 Å². The summed E-state index contributed by atoms with van der Waals surface area (Å²) in [5, 5.41) is 10.3. The normalized spacial score (nSPS) is 14.4. The van der Waals surface area contributed by atoms with Gasteiger partial charge in [0.05, 0.1) is 5.02 Å². The highest BCUT2D eigenvalue weighted by molar-refractivity contribution is 6.33. The van der Waals surface area contributed by atoms with E-state index in [1.807, 2.05) is 13.8 Å². The second kappa shape index (κ2) is 3.81. The van der Waals surface area contributed by atoms with E-state index in [-0.39, 0.29) is 11.7 Å². The van der Waals surface area contributed by atoms with Crippen LogP contribution in [0.15, 0.2) is 6.07 Å². The molecule has 0 aromatic heterocycles. The zero-order valence-corrected chi connectivity index (χ0v) is 9.47. The van der Waals surface area contributed by atoms with Crippen molar-refractivity contribution in [3.8, 4) is 17.2 Å². The maximum atomic E-state index is 9.80. The van der Waals surface area contributed by atoms with Gasteiger partial charge in [-0.25, -0.2) is 0 Å². The number of hydrogen-bond acceptors (Lipinski definition) is 3. The second-order valence-corrected chi connectivity index (χ2v) is 4.18. The largest absolute Gasteiger partial charge is 0.507 e. The Kier molecular flexibility index (Phi) is 2.65. The molecule has 0 saturated carbocycles. The van der Waals surface area contributed by atoms with Crippen molar-refractivity contribution >= 4 is 11.6 Å². The Bertz CT molecular complexity index is 388. The first-order valence-corrected chi connectivity index (χ1v) is 5.30. The first-order valence-electron chi connectivity index (χ1n) is 4.92. The third-order valence-corrected chi connectivity index (χ3v) is 2.74. The molecule has 1 aromatic carbocycles. The molecule has 0 radical (unpaired) electrons. The molecule has 1 heterocycles. The Balaban J connectivity index is 2.59. The van der Waals surface area contributed by atoms with Crippen molar-refractivity contribution in [1.82, 2.24) is 0 Å². The Morgan fingerprint density at radius 1 is 1.33 bits per heavy atom. The van der Waals surface area contributed by atoms with Crippen LogP contribution in [-0.4, -0.2) is 18.3 Å². The number of halogens is 1. The highest BCUT2D eigenvalue weighted by Crippen LogP contribution is 2.46. The summed E-state index contributed by atoms with van der Waals surface area (Å²) in [7, 11) is 0. The number of phenolic OH excluding ortho intramolecular Hbond substituents is 1. The maximum absolute atomic E-state index is 9.80. The minimum atomic E-state index is 0.147. The van der Waals surface area contributed by atoms with E-state index < -0.39 is 0 Å². The van der Waals surface area contributed by atoms with Crippen molar-refractivity contribution < 1.29 is 14.6 Å². The number of phenols is 1. The average Bonchev–Trinajstić information content (AvgIpc) is 2.17. The number of aromatic hydroxyl groups is 1. The minimum absolute atomic E-state index is 0.147. The fraction of sp³-hybridized carbons (Fsp3) is 0.455. The molecule has 2 rings (SSSR count). The number of benzene rings is 1. The zero-order valence-electron chi connectivity index (χ0n) is 8.71. The smallest absolute Gasteiger partial charge is 0.180 e. The molecule has 0 aliphatic carbocycles. The summed E-state index contributed by atoms with van der Waals surface area (Å²) >= 11 is 6.16. The lowest BCUT2D eigenvalue weighted by atomic mass is 10.0. The number of fused-ring (bicyclic) bond motifs is 1. The Hall–Kier alpha value is -1.09. The second-order valence-electron chi connectivity index (χ2n) is 3.80. The molecule has 3 nitrogen and oxygen atoms in total. The first-order chi connectivity index (χ1) is 7.11. The Labute approximate surface area is 93.6 Å². The van der Waals surface area contributed by atoms with Gasteiger partial charge in [-0.05, 0) is 5.92 Å². The van der Waals surface area contributed by atoms with Gasteiger partial charge in [0.15, 0.2) is 11.5 Å². The summed E-state index contributed by atoms with van der Waals surface area (Å²) in [6.07, 6.45) is 0. The Morgan fingerprint density at radius 2 is 2.00 bits per heavy atom. The van der Waals surface area contributed by atoms with Crippen LogP contribution in [0.5, 0.6) is 17.2 Å². The van der Waals surface area contributed by atoms with Gasteiger partial charge in [-0.15, -0.1) is 0 Å². The van der Waals surface area contributed by atoms with Crippen molar-refractivity contribution in [2.45, 2.75) is 19.8 Å². The van der Waals surface area contributed by atoms with E-state index in [9.17, 15) is 5.11 Å². The van der Waals surface area contributed by atoms with Gasteiger partial charge in [-0.1, -0.05) is 25.4 Å². The van der Waals surface area contributed by atoms with E-state index in [0.29, 0.717) is 35.3 Å². The fourth-order valence-corrected chi connectivity index (χ4v) is 2.16. The van der Waals surface area contributed by atoms with Gasteiger partial charge in [0.25, 0.3) is 0 Å². The molecule has 15 heavy (non-hydrogen) atoms. The van der Waals surface area contributed by atoms with E-state index in [1.165, 1.54) is 0 Å². The van der Waals surface area contributed by atoms with Crippen LogP contribution in [0.1, 0.15) is 25.3 Å². The molecule has 1 aromatic rings. The fourth-order valence-electron chi connectivity index (χ4n) is 1.70. The van der Waals surface area contributed by atoms with E-state index in [2.05, 4.69) is 0 Å². The molecular formula is C11H13ClO3. The summed E-state index contributed by atoms with van der Waals surface area (Å²) in [5.74, 6) is 1.38. The lowest BCUT2D eigenvalue weighted by Gasteiger charge is -2.22. The van der Waals surface area contributed by atoms with E-state index >= 15 is 0 Å². The van der Waals surface area contributed by atoms with Crippen LogP contribution in [0.3, 0.4) is 0 Å². The molecule has 0 fully saturated rings. The van der Waals surface area contributed by atoms with Gasteiger partial charge in [0, 0.05) is 11.6 Å². The standard InChI is InChI=1S/C11H13ClO3/c1-6(2)9-7(13)5-8-11(10(9)12)15-4-3-14-8/h5-6,13H,3-4H2,1-2H3. The molecule has 0 atom stereocenters. The van der Waals surface area contributed by atoms with Crippen molar-refractivity contribution in [3.63, 3.8) is 0 Å². The van der Waals surface area contributed by atoms with Gasteiger partial charge in [-0.3, -0.25) is 0 Å². The summed E-state index contributed by atoms with van der Waals surface area (Å²) < 4.78 is 10.8. The molecule has 0 amide bonds. The monoisotopic (exact) mass is 228 g/mol. The first kappa shape index (κ1) is 10.4. The number of rotatable bonds is 1. The molecule has 1 aliphatic heterocycles. The van der Waals surface area contributed by atoms with Crippen LogP contribution in [0, 0.1) is 0 Å². The van der Waals surface area contributed by atoms with E-state index in [4.69, 9.17) is 21.1 Å². The van der Waals surface area contributed by atoms with Crippen LogP contribution >= 0.6 is 11.6 Å². The molecule has 4 heteroatoms. The summed E-state index contributed by atoms with van der Waals surface area (Å²) in [4.78, 5) is 0. The molecule has 0 unspecified atom stereocenters. The lowest BCUT2D eigenvalue weighted by Crippen LogP contribution is -2.16. The third-order valence-electron chi connectivity index (χ3n) is 2.37. The Morgan fingerprint density at radius 3 is 2.67 bits per heavy atom. The molecule has 0 spiro atoms. The average molecular weight is 229 g/mol. The third kappa shape index (κ3) is 1.72. The number of hydrogen-bond donors (Lipinski definition) is 1. The predicted octanol–water partition coefficient (Wildman–Crippen LogP) is 2.94. The van der Waals surface area contributed by atoms with Crippen molar-refractivity contribution in [1.29, 1.82) is 0 Å². The lowest BCUT2D eigenvalue weighted by molar-refractivity contribution is 0.170. The highest BCUT2D eigenvalue weighted by atomic mass is 35.5. The van der Waals surface area contributed by atoms with Crippen molar-refractivity contribution in [2.24, 2.45) is 0 Å². The van der Waals surface area contributed by atoms with E-state index in [1.54, 1.807) is 6.07 Å². The van der Waals surface area contributed by atoms with Gasteiger partial charge in [-0.2, -0.15) is 0 Å². The van der Waals surface area contributed by atoms with Crippen molar-refractivity contribution in [3.05, 3.63) is 16.7 Å². The highest BCUT2D eigenvalue weighted by Gasteiger charge is 2.22. The molecule has 1 aliphatic rings. The van der Waals surface area contributed by atoms with Crippen molar-refractivity contribution in [2.75, 3.05) is 13.2 Å². The van der Waals surface area contributed by atoms with Gasteiger partial charge >= 0.3 is 0 Å². The van der Waals surface area contributed by atoms with Crippen LogP contribution in [0.4, 0.5) is 0 Å². The quantitative estimate of drug-likeness (QED) is 0.803. The maximum Gasteiger partial charge on any atom is 0.180 e. The zero-order chi connectivity index (χ0) is 11.0. The van der Waals surface area contributed by atoms with Crippen LogP contribution in [0.25, 0.3) is 0 Å². The van der Waals surface area contributed by atoms with Gasteiger partial charge in [0.2, 0.25) is 0 Å². The summed E-state index contributed by atoms with van der Waals surface area (Å²) in [6.45, 7) is 4.92. The summed E-state index contributed by atoms with van der Waals surface area (Å²) in [6, 6.07) is 1.57. The predicted molar refractivity (Wildman–Crippen MR) is 58.2 cm³/mol. The van der Waals surface area contributed by atoms with Gasteiger partial charge in [0.1, 0.15) is 19.0 Å². The summed E-state index contributed by atoms with van der Waals surface area (Å²) in [5.41, 5.74) is 0.709. The SMILES string of the molecule is CC(C)c1c(O)cc2c(c1Cl)OCCO2. The molecule has 0 bridgehead atoms. The topological polar surface area (TPSA) is 38.7 Å². The molecular weight excluding hydrogens is 216 g/mol. The van der Waals surface area contributed by atoms with Crippen LogP contribution in [-0.2, 0) is 0 Å². The number of ether oxygens (including phenoxy) is 2.